The summed E-state index contributed by atoms with van der Waals surface area (Å²) in [6.45, 7) is 5.27. The van der Waals surface area contributed by atoms with Crippen LogP contribution in [-0.4, -0.2) is 46.8 Å². The van der Waals surface area contributed by atoms with Crippen molar-refractivity contribution in [2.45, 2.75) is 39.2 Å². The Morgan fingerprint density at radius 2 is 1.92 bits per heavy atom. The lowest BCUT2D eigenvalue weighted by Crippen LogP contribution is -2.29. The van der Waals surface area contributed by atoms with Crippen LogP contribution in [0.2, 0.25) is 0 Å². The second-order valence-electron chi connectivity index (χ2n) is 8.76. The maximum Gasteiger partial charge on any atom is 0.301 e. The van der Waals surface area contributed by atoms with Gasteiger partial charge in [-0.3, -0.25) is 14.5 Å². The molecule has 3 aromatic rings. The maximum atomic E-state index is 13.4. The lowest BCUT2D eigenvalue weighted by molar-refractivity contribution is -0.132. The molecule has 9 nitrogen and oxygen atoms in total. The molecule has 0 aliphatic carbocycles. The molecule has 1 unspecified atom stereocenters. The van der Waals surface area contributed by atoms with Crippen molar-refractivity contribution >= 4 is 33.9 Å². The fraction of sp³-hybridized carbons (Fsp3) is 0.333. The van der Waals surface area contributed by atoms with Crippen molar-refractivity contribution in [2.75, 3.05) is 24.7 Å². The van der Waals surface area contributed by atoms with Crippen molar-refractivity contribution in [3.05, 3.63) is 64.2 Å². The van der Waals surface area contributed by atoms with Crippen LogP contribution in [0, 0.1) is 6.92 Å². The predicted octanol–water partition coefficient (Wildman–Crippen LogP) is 4.81. The monoisotopic (exact) mass is 521 g/mol. The van der Waals surface area contributed by atoms with Gasteiger partial charge >= 0.3 is 5.91 Å². The summed E-state index contributed by atoms with van der Waals surface area (Å²) in [4.78, 5) is 28.0. The topological polar surface area (TPSA) is 111 Å². The highest BCUT2D eigenvalue weighted by molar-refractivity contribution is 7.15. The van der Waals surface area contributed by atoms with Crippen molar-refractivity contribution in [1.29, 1.82) is 0 Å². The van der Waals surface area contributed by atoms with Crippen LogP contribution >= 0.6 is 11.3 Å². The number of aliphatic hydroxyl groups is 1. The van der Waals surface area contributed by atoms with Crippen molar-refractivity contribution in [1.82, 2.24) is 10.2 Å². The second kappa shape index (κ2) is 10.6. The van der Waals surface area contributed by atoms with Gasteiger partial charge in [-0.15, -0.1) is 10.2 Å². The Morgan fingerprint density at radius 3 is 2.68 bits per heavy atom. The zero-order valence-electron chi connectivity index (χ0n) is 20.6. The minimum atomic E-state index is -0.917. The Hall–Kier alpha value is -3.92. The van der Waals surface area contributed by atoms with Crippen LogP contribution in [0.5, 0.6) is 17.2 Å². The number of amides is 1. The first-order valence-corrected chi connectivity index (χ1v) is 13.0. The van der Waals surface area contributed by atoms with E-state index in [0.717, 1.165) is 19.3 Å². The van der Waals surface area contributed by atoms with Crippen molar-refractivity contribution in [3.8, 4) is 17.2 Å². The molecular formula is C27H27N3O6S. The van der Waals surface area contributed by atoms with E-state index in [1.54, 1.807) is 43.3 Å². The van der Waals surface area contributed by atoms with Gasteiger partial charge in [-0.05, 0) is 49.2 Å². The summed E-state index contributed by atoms with van der Waals surface area (Å²) >= 11 is 1.20. The van der Waals surface area contributed by atoms with Crippen LogP contribution in [0.4, 0.5) is 5.13 Å². The van der Waals surface area contributed by atoms with Gasteiger partial charge < -0.3 is 19.3 Å². The molecule has 3 heterocycles. The lowest BCUT2D eigenvalue weighted by Gasteiger charge is -2.23. The molecule has 2 aliphatic heterocycles. The highest BCUT2D eigenvalue weighted by atomic mass is 32.1. The summed E-state index contributed by atoms with van der Waals surface area (Å²) in [5.41, 5.74) is 0.907. The molecule has 5 rings (SSSR count). The number of aliphatic hydroxyl groups excluding tert-OH is 1. The van der Waals surface area contributed by atoms with Gasteiger partial charge in [0.05, 0.1) is 18.2 Å². The highest BCUT2D eigenvalue weighted by Gasteiger charge is 2.48. The Bertz CT molecular complexity index is 1370. The third kappa shape index (κ3) is 4.89. The number of ketones is 1. The Morgan fingerprint density at radius 1 is 1.11 bits per heavy atom. The largest absolute Gasteiger partial charge is 0.507 e. The summed E-state index contributed by atoms with van der Waals surface area (Å²) in [6.07, 6.45) is 3.07. The molecule has 0 spiro atoms. The third-order valence-corrected chi connectivity index (χ3v) is 7.01. The average Bonchev–Trinajstić information content (AvgIpc) is 3.46. The summed E-state index contributed by atoms with van der Waals surface area (Å²) in [6, 6.07) is 11.2. The van der Waals surface area contributed by atoms with E-state index in [1.165, 1.54) is 16.2 Å². The van der Waals surface area contributed by atoms with Gasteiger partial charge in [-0.25, -0.2) is 0 Å². The smallest absolute Gasteiger partial charge is 0.301 e. The van der Waals surface area contributed by atoms with E-state index in [-0.39, 0.29) is 16.5 Å². The number of hydrogen-bond donors (Lipinski definition) is 1. The summed E-state index contributed by atoms with van der Waals surface area (Å²) < 4.78 is 17.1. The molecule has 0 saturated carbocycles. The van der Waals surface area contributed by atoms with E-state index in [0.29, 0.717) is 53.2 Å². The van der Waals surface area contributed by atoms with Gasteiger partial charge in [0, 0.05) is 5.56 Å². The van der Waals surface area contributed by atoms with Gasteiger partial charge in [-0.1, -0.05) is 43.2 Å². The van der Waals surface area contributed by atoms with E-state index >= 15 is 0 Å². The van der Waals surface area contributed by atoms with Gasteiger partial charge in [0.1, 0.15) is 29.7 Å². The van der Waals surface area contributed by atoms with E-state index in [1.807, 2.05) is 6.07 Å². The molecule has 1 amide bonds. The molecule has 37 heavy (non-hydrogen) atoms. The van der Waals surface area contributed by atoms with Crippen LogP contribution < -0.4 is 19.1 Å². The molecule has 1 atom stereocenters. The number of nitrogens with zero attached hydrogens (tertiary/aromatic N) is 3. The first-order valence-electron chi connectivity index (χ1n) is 12.2. The fourth-order valence-electron chi connectivity index (χ4n) is 4.39. The van der Waals surface area contributed by atoms with Gasteiger partial charge in [0.25, 0.3) is 5.78 Å². The fourth-order valence-corrected chi connectivity index (χ4v) is 5.11. The zero-order valence-corrected chi connectivity index (χ0v) is 21.4. The molecule has 1 N–H and O–H groups in total. The molecule has 0 bridgehead atoms. The predicted molar refractivity (Wildman–Crippen MR) is 138 cm³/mol. The number of fused-ring (bicyclic) bond motifs is 1. The number of ether oxygens (including phenoxy) is 3. The number of unbranched alkanes of at least 4 members (excludes halogenated alkanes) is 2. The lowest BCUT2D eigenvalue weighted by atomic mass is 9.95. The molecule has 2 aromatic carbocycles. The molecule has 0 radical (unpaired) electrons. The highest BCUT2D eigenvalue weighted by Crippen LogP contribution is 2.44. The number of rotatable bonds is 8. The molecule has 2 aliphatic rings. The SMILES string of the molecule is CCCCCOc1cccc(C2/C(=C(\O)c3ccc4c(c3)OCCO4)C(=O)C(=O)N2c2nnc(C)s2)c1. The van der Waals surface area contributed by atoms with E-state index in [9.17, 15) is 14.7 Å². The molecule has 1 fully saturated rings. The number of aromatic nitrogens is 2. The van der Waals surface area contributed by atoms with Crippen LogP contribution in [0.3, 0.4) is 0 Å². The first-order chi connectivity index (χ1) is 18.0. The van der Waals surface area contributed by atoms with Gasteiger partial charge in [0.15, 0.2) is 11.5 Å². The van der Waals surface area contributed by atoms with Crippen molar-refractivity contribution in [2.24, 2.45) is 0 Å². The number of hydrogen-bond acceptors (Lipinski definition) is 9. The summed E-state index contributed by atoms with van der Waals surface area (Å²) in [7, 11) is 0. The van der Waals surface area contributed by atoms with E-state index in [2.05, 4.69) is 17.1 Å². The third-order valence-electron chi connectivity index (χ3n) is 6.17. The van der Waals surface area contributed by atoms with Crippen LogP contribution in [0.1, 0.15) is 48.4 Å². The van der Waals surface area contributed by atoms with Crippen LogP contribution in [0.25, 0.3) is 5.76 Å². The van der Waals surface area contributed by atoms with Gasteiger partial charge in [-0.2, -0.15) is 0 Å². The summed E-state index contributed by atoms with van der Waals surface area (Å²) in [5, 5.41) is 20.5. The number of anilines is 1. The number of carbonyl (C=O) groups is 2. The van der Waals surface area contributed by atoms with Gasteiger partial charge in [0.2, 0.25) is 5.13 Å². The average molecular weight is 522 g/mol. The molecule has 1 aromatic heterocycles. The number of carbonyl (C=O) groups excluding carboxylic acids is 2. The molecule has 192 valence electrons. The Balaban J connectivity index is 1.60. The maximum absolute atomic E-state index is 13.4. The zero-order chi connectivity index (χ0) is 25.9. The normalized spacial score (nSPS) is 18.3. The van der Waals surface area contributed by atoms with Crippen LogP contribution in [0.15, 0.2) is 48.0 Å². The van der Waals surface area contributed by atoms with Crippen LogP contribution in [-0.2, 0) is 9.59 Å². The number of Topliss-reactive ketones (excluding diaryl/α,β-unsaturated/α-hetero) is 1. The minimum absolute atomic E-state index is 0.0438. The van der Waals surface area contributed by atoms with Crippen molar-refractivity contribution in [3.63, 3.8) is 0 Å². The Labute approximate surface area is 218 Å². The van der Waals surface area contributed by atoms with E-state index in [4.69, 9.17) is 14.2 Å². The standard InChI is InChI=1S/C27H27N3O6S/c1-3-4-5-11-34-19-8-6-7-17(14-19)23-22(25(32)26(33)30(23)27-29-28-16(2)37-27)24(31)18-9-10-20-21(15-18)36-13-12-35-20/h6-10,14-15,23,31H,3-5,11-13H2,1-2H3/b24-22+. The second-order valence-corrected chi connectivity index (χ2v) is 9.92. The quantitative estimate of drug-likeness (QED) is 0.195. The molecule has 10 heteroatoms. The Kier molecular flexibility index (Phi) is 7.09. The number of benzene rings is 2. The summed E-state index contributed by atoms with van der Waals surface area (Å²) in [5.74, 6) is -0.264. The molecular weight excluding hydrogens is 494 g/mol. The minimum Gasteiger partial charge on any atom is -0.507 e. The first kappa shape index (κ1) is 24.8. The molecule has 1 saturated heterocycles. The van der Waals surface area contributed by atoms with E-state index < -0.39 is 17.7 Å². The number of aryl methyl sites for hydroxylation is 1. The van der Waals surface area contributed by atoms with Crippen molar-refractivity contribution < 1.29 is 28.9 Å².